The van der Waals surface area contributed by atoms with E-state index in [1.54, 1.807) is 0 Å². The Kier molecular flexibility index (Phi) is 3.96. The molecule has 1 fully saturated rings. The van der Waals surface area contributed by atoms with Crippen LogP contribution in [0.5, 0.6) is 0 Å². The summed E-state index contributed by atoms with van der Waals surface area (Å²) in [6.07, 6.45) is 1.29. The molecule has 1 aliphatic carbocycles. The van der Waals surface area contributed by atoms with Crippen molar-refractivity contribution in [1.82, 2.24) is 0 Å². The van der Waals surface area contributed by atoms with E-state index in [0.29, 0.717) is 24.3 Å². The second-order valence-electron chi connectivity index (χ2n) is 4.69. The Labute approximate surface area is 112 Å². The predicted octanol–water partition coefficient (Wildman–Crippen LogP) is 1.56. The summed E-state index contributed by atoms with van der Waals surface area (Å²) < 4.78 is 24.6. The number of sulfone groups is 1. The quantitative estimate of drug-likeness (QED) is 0.885. The van der Waals surface area contributed by atoms with Crippen molar-refractivity contribution in [1.29, 1.82) is 0 Å². The first-order valence-corrected chi connectivity index (χ1v) is 7.77. The van der Waals surface area contributed by atoms with Gasteiger partial charge in [-0.3, -0.25) is 0 Å². The number of benzene rings is 1. The fourth-order valence-corrected chi connectivity index (χ4v) is 4.03. The molecule has 3 N–H and O–H groups in total. The van der Waals surface area contributed by atoms with Gasteiger partial charge in [-0.2, -0.15) is 0 Å². The van der Waals surface area contributed by atoms with Crippen molar-refractivity contribution in [2.24, 2.45) is 11.7 Å². The standard InChI is InChI=1S/C12H16ClNO3S/c13-9-2-5-11(6-3-9)18(16,17)12(14)8-1-4-10(15)7-8/h2-3,5-6,8,10,12,15H,1,4,7,14H2. The average molecular weight is 290 g/mol. The summed E-state index contributed by atoms with van der Waals surface area (Å²) in [7, 11) is -3.55. The highest BCUT2D eigenvalue weighted by Gasteiger charge is 2.36. The van der Waals surface area contributed by atoms with Crippen LogP contribution >= 0.6 is 11.6 Å². The van der Waals surface area contributed by atoms with Crippen LogP contribution < -0.4 is 5.73 Å². The summed E-state index contributed by atoms with van der Waals surface area (Å²) in [5, 5.41) is 8.98. The number of halogens is 1. The van der Waals surface area contributed by atoms with Crippen molar-refractivity contribution in [2.75, 3.05) is 0 Å². The maximum Gasteiger partial charge on any atom is 0.194 e. The van der Waals surface area contributed by atoms with Crippen LogP contribution in [0.25, 0.3) is 0 Å². The minimum absolute atomic E-state index is 0.180. The van der Waals surface area contributed by atoms with Gasteiger partial charge in [0.15, 0.2) is 9.84 Å². The largest absolute Gasteiger partial charge is 0.393 e. The zero-order valence-corrected chi connectivity index (χ0v) is 11.4. The molecule has 6 heteroatoms. The van der Waals surface area contributed by atoms with E-state index in [0.717, 1.165) is 0 Å². The summed E-state index contributed by atoms with van der Waals surface area (Å²) in [6.45, 7) is 0. The van der Waals surface area contributed by atoms with Gasteiger partial charge in [0.25, 0.3) is 0 Å². The maximum atomic E-state index is 12.3. The Hall–Kier alpha value is -0.620. The molecule has 100 valence electrons. The van der Waals surface area contributed by atoms with E-state index in [1.807, 2.05) is 0 Å². The van der Waals surface area contributed by atoms with Crippen molar-refractivity contribution in [3.63, 3.8) is 0 Å². The Morgan fingerprint density at radius 1 is 1.28 bits per heavy atom. The molecular weight excluding hydrogens is 274 g/mol. The molecule has 3 unspecified atom stereocenters. The summed E-state index contributed by atoms with van der Waals surface area (Å²) in [4.78, 5) is 0.181. The first kappa shape index (κ1) is 13.8. The number of rotatable bonds is 3. The second-order valence-corrected chi connectivity index (χ2v) is 7.23. The first-order chi connectivity index (χ1) is 8.41. The second kappa shape index (κ2) is 5.17. The van der Waals surface area contributed by atoms with E-state index < -0.39 is 21.3 Å². The van der Waals surface area contributed by atoms with E-state index in [-0.39, 0.29) is 10.8 Å². The molecule has 1 aliphatic rings. The van der Waals surface area contributed by atoms with Crippen LogP contribution in [0.3, 0.4) is 0 Å². The van der Waals surface area contributed by atoms with Crippen LogP contribution in [0.2, 0.25) is 5.02 Å². The molecule has 0 saturated heterocycles. The molecule has 18 heavy (non-hydrogen) atoms. The number of nitrogens with two attached hydrogens (primary N) is 1. The zero-order chi connectivity index (χ0) is 13.3. The predicted molar refractivity (Wildman–Crippen MR) is 70.0 cm³/mol. The van der Waals surface area contributed by atoms with Crippen LogP contribution in [0.1, 0.15) is 19.3 Å². The van der Waals surface area contributed by atoms with Crippen molar-refractivity contribution in [3.05, 3.63) is 29.3 Å². The third kappa shape index (κ3) is 2.69. The average Bonchev–Trinajstić information content (AvgIpc) is 2.75. The molecule has 1 saturated carbocycles. The molecule has 3 atom stereocenters. The van der Waals surface area contributed by atoms with Gasteiger partial charge >= 0.3 is 0 Å². The molecule has 2 rings (SSSR count). The summed E-state index contributed by atoms with van der Waals surface area (Å²) in [6, 6.07) is 5.99. The third-order valence-corrected chi connectivity index (χ3v) is 5.69. The maximum absolute atomic E-state index is 12.3. The minimum atomic E-state index is -3.55. The number of aliphatic hydroxyl groups is 1. The molecule has 0 aliphatic heterocycles. The van der Waals surface area contributed by atoms with Crippen molar-refractivity contribution < 1.29 is 13.5 Å². The van der Waals surface area contributed by atoms with E-state index in [1.165, 1.54) is 24.3 Å². The minimum Gasteiger partial charge on any atom is -0.393 e. The molecule has 4 nitrogen and oxygen atoms in total. The van der Waals surface area contributed by atoms with Gasteiger partial charge in [-0.1, -0.05) is 11.6 Å². The lowest BCUT2D eigenvalue weighted by Crippen LogP contribution is -2.37. The monoisotopic (exact) mass is 289 g/mol. The van der Waals surface area contributed by atoms with Crippen LogP contribution in [0.15, 0.2) is 29.2 Å². The topological polar surface area (TPSA) is 80.4 Å². The normalized spacial score (nSPS) is 26.2. The van der Waals surface area contributed by atoms with E-state index in [2.05, 4.69) is 0 Å². The number of hydrogen-bond acceptors (Lipinski definition) is 4. The Balaban J connectivity index is 2.23. The summed E-state index contributed by atoms with van der Waals surface area (Å²) in [5.41, 5.74) is 5.86. The molecule has 0 heterocycles. The number of hydrogen-bond donors (Lipinski definition) is 2. The van der Waals surface area contributed by atoms with Gasteiger partial charge in [0.05, 0.1) is 11.0 Å². The molecule has 1 aromatic carbocycles. The summed E-state index contributed by atoms with van der Waals surface area (Å²) >= 11 is 5.73. The first-order valence-electron chi connectivity index (χ1n) is 5.84. The van der Waals surface area contributed by atoms with Gasteiger partial charge < -0.3 is 10.8 Å². The highest BCUT2D eigenvalue weighted by molar-refractivity contribution is 7.92. The van der Waals surface area contributed by atoms with Crippen molar-refractivity contribution in [2.45, 2.75) is 35.6 Å². The van der Waals surface area contributed by atoms with E-state index in [4.69, 9.17) is 17.3 Å². The van der Waals surface area contributed by atoms with Gasteiger partial charge in [0.1, 0.15) is 5.37 Å². The van der Waals surface area contributed by atoms with Gasteiger partial charge in [-0.05, 0) is 49.4 Å². The summed E-state index contributed by atoms with van der Waals surface area (Å²) in [5.74, 6) is -0.180. The van der Waals surface area contributed by atoms with Crippen LogP contribution in [-0.2, 0) is 9.84 Å². The van der Waals surface area contributed by atoms with E-state index in [9.17, 15) is 13.5 Å². The molecule has 0 aromatic heterocycles. The number of aliphatic hydroxyl groups excluding tert-OH is 1. The Morgan fingerprint density at radius 2 is 1.89 bits per heavy atom. The van der Waals surface area contributed by atoms with Crippen molar-refractivity contribution >= 4 is 21.4 Å². The van der Waals surface area contributed by atoms with Crippen LogP contribution in [-0.4, -0.2) is 25.0 Å². The Bertz CT molecular complexity index is 515. The molecule has 1 aromatic rings. The molecule has 0 spiro atoms. The fourth-order valence-electron chi connectivity index (χ4n) is 2.32. The lowest BCUT2D eigenvalue weighted by Gasteiger charge is -2.19. The van der Waals surface area contributed by atoms with Gasteiger partial charge in [-0.15, -0.1) is 0 Å². The van der Waals surface area contributed by atoms with Gasteiger partial charge in [0.2, 0.25) is 0 Å². The van der Waals surface area contributed by atoms with E-state index >= 15 is 0 Å². The highest BCUT2D eigenvalue weighted by atomic mass is 35.5. The molecule has 0 radical (unpaired) electrons. The highest BCUT2D eigenvalue weighted by Crippen LogP contribution is 2.31. The van der Waals surface area contributed by atoms with Crippen LogP contribution in [0.4, 0.5) is 0 Å². The lowest BCUT2D eigenvalue weighted by molar-refractivity contribution is 0.177. The third-order valence-electron chi connectivity index (χ3n) is 3.41. The molecule has 0 amide bonds. The van der Waals surface area contributed by atoms with Gasteiger partial charge in [-0.25, -0.2) is 8.42 Å². The zero-order valence-electron chi connectivity index (χ0n) is 9.79. The Morgan fingerprint density at radius 3 is 2.39 bits per heavy atom. The van der Waals surface area contributed by atoms with Crippen LogP contribution in [0, 0.1) is 5.92 Å². The SMILES string of the molecule is NC(C1CCC(O)C1)S(=O)(=O)c1ccc(Cl)cc1. The molecule has 0 bridgehead atoms. The smallest absolute Gasteiger partial charge is 0.194 e. The fraction of sp³-hybridized carbons (Fsp3) is 0.500. The molecular formula is C12H16ClNO3S. The van der Waals surface area contributed by atoms with Gasteiger partial charge in [0, 0.05) is 5.02 Å². The van der Waals surface area contributed by atoms with Crippen molar-refractivity contribution in [3.8, 4) is 0 Å². The lowest BCUT2D eigenvalue weighted by atomic mass is 10.1.